The Morgan fingerprint density at radius 1 is 0.689 bits per heavy atom. The Balaban J connectivity index is 1.06. The van der Waals surface area contributed by atoms with Crippen LogP contribution in [0, 0.1) is 11.3 Å². The molecule has 3 aliphatic rings. The maximum absolute atomic E-state index is 4.26. The van der Waals surface area contributed by atoms with Crippen LogP contribution in [0.2, 0.25) is 0 Å². The first kappa shape index (κ1) is 41.3. The number of hydrogen-bond acceptors (Lipinski definition) is 1. The summed E-state index contributed by atoms with van der Waals surface area (Å²) in [6.07, 6.45) is 33.7. The van der Waals surface area contributed by atoms with Crippen molar-refractivity contribution in [2.45, 2.75) is 59.4 Å². The average molecular weight is 794 g/mol. The molecule has 5 aromatic carbocycles. The number of fused-ring (bicyclic) bond motifs is 1. The Hall–Kier alpha value is -6.44. The molecule has 1 heteroatoms. The molecule has 8 rings (SSSR count). The third kappa shape index (κ3) is 9.18. The highest BCUT2D eigenvalue weighted by Crippen LogP contribution is 2.47. The van der Waals surface area contributed by atoms with Gasteiger partial charge in [-0.2, -0.15) is 0 Å². The molecule has 0 saturated carbocycles. The van der Waals surface area contributed by atoms with Crippen molar-refractivity contribution < 1.29 is 0 Å². The van der Waals surface area contributed by atoms with Crippen LogP contribution in [0.3, 0.4) is 0 Å². The van der Waals surface area contributed by atoms with E-state index in [-0.39, 0.29) is 5.41 Å². The van der Waals surface area contributed by atoms with Gasteiger partial charge in [0.15, 0.2) is 0 Å². The van der Waals surface area contributed by atoms with Gasteiger partial charge in [-0.25, -0.2) is 0 Å². The lowest BCUT2D eigenvalue weighted by Crippen LogP contribution is -2.39. The Labute approximate surface area is 365 Å². The number of nitrogens with zero attached hydrogens (tertiary/aromatic N) is 1. The van der Waals surface area contributed by atoms with E-state index in [0.29, 0.717) is 12.0 Å². The number of anilines is 1. The number of rotatable bonds is 11. The molecule has 304 valence electrons. The largest absolute Gasteiger partial charge is 0.361 e. The van der Waals surface area contributed by atoms with E-state index in [4.69, 9.17) is 0 Å². The zero-order valence-corrected chi connectivity index (χ0v) is 36.4. The Bertz CT molecular complexity index is 2650. The van der Waals surface area contributed by atoms with Crippen LogP contribution in [0.25, 0.3) is 50.1 Å². The lowest BCUT2D eigenvalue weighted by Gasteiger charge is -2.36. The maximum atomic E-state index is 4.26. The molecule has 61 heavy (non-hydrogen) atoms. The fourth-order valence-electron chi connectivity index (χ4n) is 9.59. The Kier molecular flexibility index (Phi) is 12.8. The molecule has 0 fully saturated rings. The van der Waals surface area contributed by atoms with Gasteiger partial charge in [-0.1, -0.05) is 191 Å². The third-order valence-corrected chi connectivity index (χ3v) is 12.8. The van der Waals surface area contributed by atoms with Crippen LogP contribution in [0.15, 0.2) is 224 Å². The molecule has 0 N–H and O–H groups in total. The highest BCUT2D eigenvalue weighted by molar-refractivity contribution is 5.83. The summed E-state index contributed by atoms with van der Waals surface area (Å²) in [6.45, 7) is 14.1. The molecule has 0 bridgehead atoms. The minimum Gasteiger partial charge on any atom is -0.361 e. The van der Waals surface area contributed by atoms with E-state index in [9.17, 15) is 0 Å². The van der Waals surface area contributed by atoms with Crippen molar-refractivity contribution in [3.63, 3.8) is 0 Å². The van der Waals surface area contributed by atoms with Crippen LogP contribution in [0.5, 0.6) is 0 Å². The first-order chi connectivity index (χ1) is 29.9. The van der Waals surface area contributed by atoms with E-state index in [1.165, 1.54) is 78.1 Å². The van der Waals surface area contributed by atoms with Crippen LogP contribution in [-0.2, 0) is 0 Å². The second kappa shape index (κ2) is 18.9. The highest BCUT2D eigenvalue weighted by Gasteiger charge is 2.32. The summed E-state index contributed by atoms with van der Waals surface area (Å²) in [5.74, 6) is 0.450. The van der Waals surface area contributed by atoms with Crippen molar-refractivity contribution in [3.8, 4) is 44.5 Å². The van der Waals surface area contributed by atoms with Crippen LogP contribution in [0.1, 0.15) is 58.9 Å². The molecule has 2 aliphatic carbocycles. The van der Waals surface area contributed by atoms with E-state index in [2.05, 4.69) is 239 Å². The summed E-state index contributed by atoms with van der Waals surface area (Å²) < 4.78 is 0. The molecule has 3 atom stereocenters. The molecule has 0 radical (unpaired) electrons. The molecule has 3 unspecified atom stereocenters. The van der Waals surface area contributed by atoms with E-state index >= 15 is 0 Å². The monoisotopic (exact) mass is 793 g/mol. The Morgan fingerprint density at radius 2 is 1.21 bits per heavy atom. The van der Waals surface area contributed by atoms with Crippen molar-refractivity contribution >= 4 is 11.3 Å². The lowest BCUT2D eigenvalue weighted by molar-refractivity contribution is 0.368. The second-order valence-corrected chi connectivity index (χ2v) is 17.1. The average Bonchev–Trinajstić information content (AvgIpc) is 3.41. The van der Waals surface area contributed by atoms with Crippen LogP contribution in [0.4, 0.5) is 5.69 Å². The fraction of sp³-hybridized carbons (Fsp3) is 0.200. The van der Waals surface area contributed by atoms with Gasteiger partial charge in [-0.05, 0) is 147 Å². The van der Waals surface area contributed by atoms with E-state index in [1.807, 2.05) is 0 Å². The first-order valence-electron chi connectivity index (χ1n) is 22.2. The molecule has 0 amide bonds. The van der Waals surface area contributed by atoms with Gasteiger partial charge in [0.25, 0.3) is 0 Å². The zero-order valence-electron chi connectivity index (χ0n) is 36.4. The van der Waals surface area contributed by atoms with Gasteiger partial charge in [-0.15, -0.1) is 0 Å². The molecule has 5 aromatic rings. The maximum Gasteiger partial charge on any atom is 0.0545 e. The summed E-state index contributed by atoms with van der Waals surface area (Å²) in [5.41, 5.74) is 17.5. The normalized spacial score (nSPS) is 21.3. The quantitative estimate of drug-likeness (QED) is 0.120. The smallest absolute Gasteiger partial charge is 0.0545 e. The van der Waals surface area contributed by atoms with Gasteiger partial charge in [-0.3, -0.25) is 0 Å². The van der Waals surface area contributed by atoms with E-state index in [1.54, 1.807) is 0 Å². The second-order valence-electron chi connectivity index (χ2n) is 17.1. The predicted molar refractivity (Wildman–Crippen MR) is 265 cm³/mol. The minimum absolute atomic E-state index is 0.0776. The summed E-state index contributed by atoms with van der Waals surface area (Å²) in [7, 11) is 0. The SMILES string of the molecule is C=C/C(C1=CC(c2cccc(-c3cccc(-c4cccc(-c5cccc(-c6cccc(N7C/C=C\C=C/CC8C=CC=CC87)c6)c5)c4)c3)c2)=CCC1(C)CCC)=C(C)\C=C/C. The molecule has 1 heterocycles. The van der Waals surface area contributed by atoms with Crippen LogP contribution >= 0.6 is 0 Å². The van der Waals surface area contributed by atoms with Gasteiger partial charge in [0.1, 0.15) is 0 Å². The van der Waals surface area contributed by atoms with Crippen LogP contribution < -0.4 is 4.90 Å². The molecular formula is C60H59N. The fourth-order valence-corrected chi connectivity index (χ4v) is 9.59. The summed E-state index contributed by atoms with van der Waals surface area (Å²) in [6, 6.07) is 45.5. The summed E-state index contributed by atoms with van der Waals surface area (Å²) in [4.78, 5) is 2.54. The summed E-state index contributed by atoms with van der Waals surface area (Å²) in [5, 5.41) is 0. The van der Waals surface area contributed by atoms with E-state index < -0.39 is 0 Å². The lowest BCUT2D eigenvalue weighted by atomic mass is 9.68. The number of benzene rings is 5. The van der Waals surface area contributed by atoms with Gasteiger partial charge in [0, 0.05) is 18.2 Å². The molecule has 0 aromatic heterocycles. The van der Waals surface area contributed by atoms with Crippen molar-refractivity contribution in [2.24, 2.45) is 11.3 Å². The minimum atomic E-state index is 0.0776. The van der Waals surface area contributed by atoms with Gasteiger partial charge >= 0.3 is 0 Å². The standard InChI is InChI=1S/C60H59N/c1-6-20-44(4)57(8-3)58-43-55(34-36-60(58,5)35-7-2)53-30-18-28-51(41-53)49-26-16-24-47(39-49)46-23-15-25-48(38-46)50-27-17-29-52(40-50)54-31-19-32-56(42-54)61-37-14-10-9-11-21-45-22-12-13-33-59(45)61/h6,8-20,22-34,38-43,45,59H,3,7,21,35-37H2,1-2,4-5H3/b11-9-,14-10-,20-6-,57-44+. The summed E-state index contributed by atoms with van der Waals surface area (Å²) >= 11 is 0. The van der Waals surface area contributed by atoms with Crippen molar-refractivity contribution in [1.29, 1.82) is 0 Å². The topological polar surface area (TPSA) is 3.24 Å². The third-order valence-electron chi connectivity index (χ3n) is 12.8. The van der Waals surface area contributed by atoms with Crippen molar-refractivity contribution in [3.05, 3.63) is 229 Å². The van der Waals surface area contributed by atoms with Crippen molar-refractivity contribution in [2.75, 3.05) is 11.4 Å². The molecule has 0 saturated heterocycles. The Morgan fingerprint density at radius 3 is 1.79 bits per heavy atom. The zero-order chi connectivity index (χ0) is 42.2. The molecular weight excluding hydrogens is 735 g/mol. The molecule has 0 spiro atoms. The number of allylic oxidation sites excluding steroid dienone is 14. The van der Waals surface area contributed by atoms with Gasteiger partial charge in [0.05, 0.1) is 6.04 Å². The molecule has 1 aliphatic heterocycles. The van der Waals surface area contributed by atoms with Gasteiger partial charge in [0.2, 0.25) is 0 Å². The molecule has 1 nitrogen and oxygen atoms in total. The van der Waals surface area contributed by atoms with E-state index in [0.717, 1.165) is 32.2 Å². The van der Waals surface area contributed by atoms with Crippen molar-refractivity contribution in [1.82, 2.24) is 0 Å². The first-order valence-corrected chi connectivity index (χ1v) is 22.2. The number of hydrogen-bond donors (Lipinski definition) is 0. The van der Waals surface area contributed by atoms with Gasteiger partial charge < -0.3 is 4.90 Å². The van der Waals surface area contributed by atoms with Crippen LogP contribution in [-0.4, -0.2) is 12.6 Å². The predicted octanol–water partition coefficient (Wildman–Crippen LogP) is 16.4. The highest BCUT2D eigenvalue weighted by atomic mass is 15.2.